The van der Waals surface area contributed by atoms with Gasteiger partial charge in [0.25, 0.3) is 0 Å². The van der Waals surface area contributed by atoms with Crippen LogP contribution < -0.4 is 0 Å². The molecule has 1 fully saturated rings. The molecule has 1 aromatic heterocycles. The number of nitrogens with zero attached hydrogens (tertiary/aromatic N) is 2. The van der Waals surface area contributed by atoms with Crippen molar-refractivity contribution < 1.29 is 9.90 Å². The molecule has 0 spiro atoms. The normalized spacial score (nSPS) is 16.5. The van der Waals surface area contributed by atoms with Gasteiger partial charge in [-0.3, -0.25) is 4.98 Å². The molecule has 1 saturated carbocycles. The number of carbonyl (C=O) groups is 1. The molecule has 1 aliphatic carbocycles. The molecule has 86 valence electrons. The summed E-state index contributed by atoms with van der Waals surface area (Å²) in [5.74, 6) is 0.772. The first-order valence-electron chi connectivity index (χ1n) is 5.44. The molecule has 1 N–H and O–H groups in total. The fourth-order valence-electron chi connectivity index (χ4n) is 1.90. The molecule has 16 heavy (non-hydrogen) atoms. The Balaban J connectivity index is 1.93. The predicted molar refractivity (Wildman–Crippen MR) is 61.7 cm³/mol. The fraction of sp³-hybridized carbons (Fsp3) is 0.545. The van der Waals surface area contributed by atoms with E-state index in [0.717, 1.165) is 11.7 Å². The molecule has 1 heterocycles. The molecule has 2 rings (SSSR count). The second-order valence-corrected chi connectivity index (χ2v) is 5.05. The van der Waals surface area contributed by atoms with Gasteiger partial charge in [0, 0.05) is 5.75 Å². The van der Waals surface area contributed by atoms with Crippen LogP contribution in [-0.2, 0) is 0 Å². The summed E-state index contributed by atoms with van der Waals surface area (Å²) in [4.78, 5) is 18.6. The van der Waals surface area contributed by atoms with Crippen LogP contribution in [0, 0.1) is 5.92 Å². The summed E-state index contributed by atoms with van der Waals surface area (Å²) in [5, 5.41) is 9.49. The Labute approximate surface area is 98.5 Å². The van der Waals surface area contributed by atoms with E-state index in [1.165, 1.54) is 31.9 Å². The lowest BCUT2D eigenvalue weighted by Gasteiger charge is -2.07. The maximum absolute atomic E-state index is 10.7. The average Bonchev–Trinajstić information content (AvgIpc) is 2.79. The van der Waals surface area contributed by atoms with Gasteiger partial charge in [-0.05, 0) is 18.8 Å². The average molecular weight is 238 g/mol. The van der Waals surface area contributed by atoms with Crippen LogP contribution in [0.5, 0.6) is 0 Å². The van der Waals surface area contributed by atoms with Gasteiger partial charge in [0.15, 0.2) is 5.69 Å². The molecule has 0 bridgehead atoms. The minimum Gasteiger partial charge on any atom is -0.476 e. The van der Waals surface area contributed by atoms with Crippen LogP contribution >= 0.6 is 11.8 Å². The van der Waals surface area contributed by atoms with Crippen molar-refractivity contribution in [1.29, 1.82) is 0 Å². The topological polar surface area (TPSA) is 63.1 Å². The van der Waals surface area contributed by atoms with E-state index in [0.29, 0.717) is 5.03 Å². The number of rotatable bonds is 4. The van der Waals surface area contributed by atoms with Crippen molar-refractivity contribution in [2.24, 2.45) is 5.92 Å². The van der Waals surface area contributed by atoms with Gasteiger partial charge in [-0.25, -0.2) is 9.78 Å². The van der Waals surface area contributed by atoms with Crippen LogP contribution in [0.15, 0.2) is 17.4 Å². The van der Waals surface area contributed by atoms with E-state index >= 15 is 0 Å². The molecule has 0 saturated heterocycles. The standard InChI is InChI=1S/C11H14N2O2S/c14-11(15)9-5-12-6-10(13-9)16-7-8-3-1-2-4-8/h5-6,8H,1-4,7H2,(H,14,15). The molecule has 0 atom stereocenters. The number of hydrogen-bond acceptors (Lipinski definition) is 4. The predicted octanol–water partition coefficient (Wildman–Crippen LogP) is 2.46. The van der Waals surface area contributed by atoms with Gasteiger partial charge in [0.2, 0.25) is 0 Å². The van der Waals surface area contributed by atoms with E-state index in [-0.39, 0.29) is 5.69 Å². The van der Waals surface area contributed by atoms with Crippen LogP contribution in [0.2, 0.25) is 0 Å². The third-order valence-electron chi connectivity index (χ3n) is 2.77. The zero-order valence-corrected chi connectivity index (χ0v) is 9.74. The smallest absolute Gasteiger partial charge is 0.356 e. The van der Waals surface area contributed by atoms with Crippen molar-refractivity contribution >= 4 is 17.7 Å². The van der Waals surface area contributed by atoms with Gasteiger partial charge in [0.05, 0.1) is 12.4 Å². The maximum atomic E-state index is 10.7. The minimum absolute atomic E-state index is 0.0245. The summed E-state index contributed by atoms with van der Waals surface area (Å²) in [6, 6.07) is 0. The SMILES string of the molecule is O=C(O)c1cncc(SCC2CCCC2)n1. The van der Waals surface area contributed by atoms with E-state index in [2.05, 4.69) is 9.97 Å². The molecule has 5 heteroatoms. The third-order valence-corrected chi connectivity index (χ3v) is 3.90. The van der Waals surface area contributed by atoms with E-state index in [4.69, 9.17) is 5.11 Å². The van der Waals surface area contributed by atoms with Crippen molar-refractivity contribution in [3.05, 3.63) is 18.1 Å². The van der Waals surface area contributed by atoms with Crippen LogP contribution in [0.25, 0.3) is 0 Å². The second-order valence-electron chi connectivity index (χ2n) is 4.01. The Morgan fingerprint density at radius 1 is 1.44 bits per heavy atom. The summed E-state index contributed by atoms with van der Waals surface area (Å²) in [5.41, 5.74) is 0.0245. The summed E-state index contributed by atoms with van der Waals surface area (Å²) in [6.45, 7) is 0. The van der Waals surface area contributed by atoms with E-state index in [1.807, 2.05) is 0 Å². The molecule has 4 nitrogen and oxygen atoms in total. The van der Waals surface area contributed by atoms with E-state index in [1.54, 1.807) is 18.0 Å². The second kappa shape index (κ2) is 5.30. The zero-order valence-electron chi connectivity index (χ0n) is 8.93. The summed E-state index contributed by atoms with van der Waals surface area (Å²) in [6.07, 6.45) is 8.14. The lowest BCUT2D eigenvalue weighted by molar-refractivity contribution is 0.0689. The van der Waals surface area contributed by atoms with Crippen molar-refractivity contribution in [3.8, 4) is 0 Å². The third kappa shape index (κ3) is 2.95. The van der Waals surface area contributed by atoms with Crippen LogP contribution in [0.4, 0.5) is 0 Å². The highest BCUT2D eigenvalue weighted by Crippen LogP contribution is 2.29. The monoisotopic (exact) mass is 238 g/mol. The highest BCUT2D eigenvalue weighted by Gasteiger charge is 2.15. The lowest BCUT2D eigenvalue weighted by atomic mass is 10.1. The molecule has 1 aromatic rings. The highest BCUT2D eigenvalue weighted by molar-refractivity contribution is 7.99. The number of carboxylic acid groups (broad SMARTS) is 1. The van der Waals surface area contributed by atoms with Crippen LogP contribution in [0.1, 0.15) is 36.2 Å². The Bertz CT molecular complexity index is 378. The van der Waals surface area contributed by atoms with Gasteiger partial charge < -0.3 is 5.11 Å². The first-order valence-corrected chi connectivity index (χ1v) is 6.42. The Morgan fingerprint density at radius 3 is 2.88 bits per heavy atom. The Morgan fingerprint density at radius 2 is 2.19 bits per heavy atom. The number of aromatic nitrogens is 2. The highest BCUT2D eigenvalue weighted by atomic mass is 32.2. The van der Waals surface area contributed by atoms with Crippen LogP contribution in [0.3, 0.4) is 0 Å². The Hall–Kier alpha value is -1.10. The molecular formula is C11H14N2O2S. The molecular weight excluding hydrogens is 224 g/mol. The molecule has 0 aromatic carbocycles. The van der Waals surface area contributed by atoms with Gasteiger partial charge in [-0.1, -0.05) is 12.8 Å². The van der Waals surface area contributed by atoms with Gasteiger partial charge in [-0.2, -0.15) is 0 Å². The minimum atomic E-state index is -1.02. The number of aromatic carboxylic acids is 1. The fourth-order valence-corrected chi connectivity index (χ4v) is 2.94. The van der Waals surface area contributed by atoms with Gasteiger partial charge >= 0.3 is 5.97 Å². The summed E-state index contributed by atoms with van der Waals surface area (Å²) in [7, 11) is 0. The molecule has 0 amide bonds. The number of carboxylic acids is 1. The van der Waals surface area contributed by atoms with Gasteiger partial charge in [0.1, 0.15) is 5.03 Å². The molecule has 0 aliphatic heterocycles. The van der Waals surface area contributed by atoms with Crippen molar-refractivity contribution in [1.82, 2.24) is 9.97 Å². The van der Waals surface area contributed by atoms with Crippen LogP contribution in [-0.4, -0.2) is 26.8 Å². The zero-order chi connectivity index (χ0) is 11.4. The van der Waals surface area contributed by atoms with E-state index in [9.17, 15) is 4.79 Å². The first-order chi connectivity index (χ1) is 7.75. The lowest BCUT2D eigenvalue weighted by Crippen LogP contribution is -2.03. The molecule has 0 radical (unpaired) electrons. The number of thioether (sulfide) groups is 1. The Kier molecular flexibility index (Phi) is 3.77. The summed E-state index contributed by atoms with van der Waals surface area (Å²) >= 11 is 1.61. The molecule has 1 aliphatic rings. The van der Waals surface area contributed by atoms with Crippen molar-refractivity contribution in [3.63, 3.8) is 0 Å². The van der Waals surface area contributed by atoms with E-state index < -0.39 is 5.97 Å². The summed E-state index contributed by atoms with van der Waals surface area (Å²) < 4.78 is 0. The van der Waals surface area contributed by atoms with Gasteiger partial charge in [-0.15, -0.1) is 11.8 Å². The van der Waals surface area contributed by atoms with Crippen molar-refractivity contribution in [2.75, 3.05) is 5.75 Å². The maximum Gasteiger partial charge on any atom is 0.356 e. The largest absolute Gasteiger partial charge is 0.476 e. The first kappa shape index (κ1) is 11.4. The van der Waals surface area contributed by atoms with Crippen molar-refractivity contribution in [2.45, 2.75) is 30.7 Å². The quantitative estimate of drug-likeness (QED) is 0.816. The molecule has 0 unspecified atom stereocenters. The number of hydrogen-bond donors (Lipinski definition) is 1.